The lowest BCUT2D eigenvalue weighted by Gasteiger charge is -2.22. The summed E-state index contributed by atoms with van der Waals surface area (Å²) >= 11 is 0. The molecule has 20 heavy (non-hydrogen) atoms. The van der Waals surface area contributed by atoms with Crippen molar-refractivity contribution in [1.82, 2.24) is 4.90 Å². The molecule has 0 aliphatic carbocycles. The van der Waals surface area contributed by atoms with Crippen molar-refractivity contribution in [1.29, 1.82) is 0 Å². The normalized spacial score (nSPS) is 16.0. The molecule has 0 saturated carbocycles. The number of nitrogens with zero attached hydrogens (tertiary/aromatic N) is 2. The quantitative estimate of drug-likeness (QED) is 0.677. The number of carbonyl (C=O) groups is 1. The highest BCUT2D eigenvalue weighted by molar-refractivity contribution is 5.84. The van der Waals surface area contributed by atoms with Crippen molar-refractivity contribution in [2.75, 3.05) is 18.4 Å². The van der Waals surface area contributed by atoms with Gasteiger partial charge in [-0.05, 0) is 32.3 Å². The molecule has 1 heterocycles. The van der Waals surface area contributed by atoms with Crippen LogP contribution < -0.4 is 5.32 Å². The summed E-state index contributed by atoms with van der Waals surface area (Å²) in [5.74, 6) is 0.0495. The number of nitro groups is 1. The van der Waals surface area contributed by atoms with Gasteiger partial charge in [-0.3, -0.25) is 14.9 Å². The van der Waals surface area contributed by atoms with Gasteiger partial charge < -0.3 is 10.2 Å². The number of non-ortho nitro benzene ring substituents is 1. The third kappa shape index (κ3) is 3.07. The molecule has 108 valence electrons. The Hall–Kier alpha value is -2.11. The number of nitro benzene ring substituents is 1. The van der Waals surface area contributed by atoms with E-state index in [1.807, 2.05) is 11.8 Å². The average Bonchev–Trinajstić information content (AvgIpc) is 2.94. The second kappa shape index (κ2) is 5.90. The molecule has 6 heteroatoms. The number of likely N-dealkylation sites (tertiary alicyclic amines) is 1. The molecule has 2 rings (SSSR count). The maximum absolute atomic E-state index is 12.2. The van der Waals surface area contributed by atoms with E-state index in [-0.39, 0.29) is 17.6 Å². The van der Waals surface area contributed by atoms with Crippen molar-refractivity contribution in [3.05, 3.63) is 33.9 Å². The van der Waals surface area contributed by atoms with Gasteiger partial charge in [0.2, 0.25) is 5.91 Å². The molecule has 1 aliphatic rings. The predicted octanol–water partition coefficient (Wildman–Crippen LogP) is 2.33. The van der Waals surface area contributed by atoms with Crippen LogP contribution in [0.15, 0.2) is 18.2 Å². The topological polar surface area (TPSA) is 75.5 Å². The number of anilines is 1. The van der Waals surface area contributed by atoms with Crippen LogP contribution in [0.3, 0.4) is 0 Å². The first-order valence-corrected chi connectivity index (χ1v) is 6.79. The Bertz CT molecular complexity index is 524. The van der Waals surface area contributed by atoms with Crippen LogP contribution in [0.25, 0.3) is 0 Å². The van der Waals surface area contributed by atoms with Crippen molar-refractivity contribution in [2.45, 2.75) is 32.7 Å². The summed E-state index contributed by atoms with van der Waals surface area (Å²) in [7, 11) is 0. The molecule has 1 saturated heterocycles. The zero-order chi connectivity index (χ0) is 14.7. The first-order chi connectivity index (χ1) is 9.49. The Balaban J connectivity index is 2.10. The first-order valence-electron chi connectivity index (χ1n) is 6.79. The maximum atomic E-state index is 12.2. The minimum atomic E-state index is -0.433. The molecule has 6 nitrogen and oxygen atoms in total. The lowest BCUT2D eigenvalue weighted by molar-refractivity contribution is -0.384. The summed E-state index contributed by atoms with van der Waals surface area (Å²) in [5.41, 5.74) is 1.55. The van der Waals surface area contributed by atoms with E-state index in [1.165, 1.54) is 12.1 Å². The second-order valence-electron chi connectivity index (χ2n) is 5.15. The van der Waals surface area contributed by atoms with Gasteiger partial charge >= 0.3 is 0 Å². The van der Waals surface area contributed by atoms with Gasteiger partial charge in [0.05, 0.1) is 4.92 Å². The third-order valence-electron chi connectivity index (χ3n) is 3.59. The summed E-state index contributed by atoms with van der Waals surface area (Å²) in [6, 6.07) is 4.25. The van der Waals surface area contributed by atoms with Crippen LogP contribution in [0.1, 0.15) is 25.3 Å². The smallest absolute Gasteiger partial charge is 0.271 e. The standard InChI is InChI=1S/C14H19N3O3/c1-10-5-6-12(17(19)20)9-13(10)15-11(2)14(18)16-7-3-4-8-16/h5-6,9,11,15H,3-4,7-8H2,1-2H3. The van der Waals surface area contributed by atoms with Crippen molar-refractivity contribution in [3.8, 4) is 0 Å². The largest absolute Gasteiger partial charge is 0.373 e. The van der Waals surface area contributed by atoms with Crippen LogP contribution in [0.2, 0.25) is 0 Å². The molecular formula is C14H19N3O3. The number of hydrogen-bond donors (Lipinski definition) is 1. The van der Waals surface area contributed by atoms with Crippen LogP contribution in [-0.4, -0.2) is 34.9 Å². The van der Waals surface area contributed by atoms with Gasteiger partial charge in [-0.25, -0.2) is 0 Å². The highest BCUT2D eigenvalue weighted by Gasteiger charge is 2.23. The summed E-state index contributed by atoms with van der Waals surface area (Å²) in [5, 5.41) is 13.9. The molecule has 0 bridgehead atoms. The zero-order valence-electron chi connectivity index (χ0n) is 11.8. The average molecular weight is 277 g/mol. The van der Waals surface area contributed by atoms with Crippen molar-refractivity contribution < 1.29 is 9.72 Å². The molecule has 1 amide bonds. The van der Waals surface area contributed by atoms with Crippen molar-refractivity contribution >= 4 is 17.3 Å². The third-order valence-corrected chi connectivity index (χ3v) is 3.59. The second-order valence-corrected chi connectivity index (χ2v) is 5.15. The number of carbonyl (C=O) groups excluding carboxylic acids is 1. The molecular weight excluding hydrogens is 258 g/mol. The van der Waals surface area contributed by atoms with E-state index in [2.05, 4.69) is 5.32 Å². The number of benzene rings is 1. The minimum Gasteiger partial charge on any atom is -0.373 e. The molecule has 0 aromatic heterocycles. The Kier molecular flexibility index (Phi) is 4.22. The van der Waals surface area contributed by atoms with Crippen molar-refractivity contribution in [2.24, 2.45) is 0 Å². The monoisotopic (exact) mass is 277 g/mol. The van der Waals surface area contributed by atoms with Crippen LogP contribution >= 0.6 is 0 Å². The van der Waals surface area contributed by atoms with Gasteiger partial charge in [0.15, 0.2) is 0 Å². The van der Waals surface area contributed by atoms with Crippen molar-refractivity contribution in [3.63, 3.8) is 0 Å². The summed E-state index contributed by atoms with van der Waals surface area (Å²) in [4.78, 5) is 24.4. The molecule has 1 atom stereocenters. The van der Waals surface area contributed by atoms with E-state index >= 15 is 0 Å². The molecule has 0 radical (unpaired) electrons. The molecule has 1 N–H and O–H groups in total. The fraction of sp³-hybridized carbons (Fsp3) is 0.500. The summed E-state index contributed by atoms with van der Waals surface area (Å²) < 4.78 is 0. The Morgan fingerprint density at radius 1 is 1.40 bits per heavy atom. The predicted molar refractivity (Wildman–Crippen MR) is 76.7 cm³/mol. The Morgan fingerprint density at radius 3 is 2.65 bits per heavy atom. The lowest BCUT2D eigenvalue weighted by atomic mass is 10.1. The molecule has 1 unspecified atom stereocenters. The Labute approximate surface area is 117 Å². The van der Waals surface area contributed by atoms with E-state index in [0.717, 1.165) is 31.5 Å². The van der Waals surface area contributed by atoms with Crippen LogP contribution in [0, 0.1) is 17.0 Å². The van der Waals surface area contributed by atoms with Crippen LogP contribution in [-0.2, 0) is 4.79 Å². The van der Waals surface area contributed by atoms with E-state index < -0.39 is 4.92 Å². The van der Waals surface area contributed by atoms with Crippen LogP contribution in [0.4, 0.5) is 11.4 Å². The maximum Gasteiger partial charge on any atom is 0.271 e. The number of aryl methyl sites for hydroxylation is 1. The van der Waals surface area contributed by atoms with E-state index in [4.69, 9.17) is 0 Å². The fourth-order valence-electron chi connectivity index (χ4n) is 2.39. The highest BCUT2D eigenvalue weighted by Crippen LogP contribution is 2.23. The highest BCUT2D eigenvalue weighted by atomic mass is 16.6. The fourth-order valence-corrected chi connectivity index (χ4v) is 2.39. The molecule has 1 aromatic carbocycles. The summed E-state index contributed by atoms with van der Waals surface area (Å²) in [6.45, 7) is 5.26. The molecule has 1 fully saturated rings. The zero-order valence-corrected chi connectivity index (χ0v) is 11.8. The van der Waals surface area contributed by atoms with Gasteiger partial charge in [0.25, 0.3) is 5.69 Å². The van der Waals surface area contributed by atoms with Gasteiger partial charge in [0, 0.05) is 30.9 Å². The van der Waals surface area contributed by atoms with E-state index in [0.29, 0.717) is 5.69 Å². The molecule has 1 aromatic rings. The first kappa shape index (κ1) is 14.3. The SMILES string of the molecule is Cc1ccc([N+](=O)[O-])cc1NC(C)C(=O)N1CCCC1. The Morgan fingerprint density at radius 2 is 2.05 bits per heavy atom. The summed E-state index contributed by atoms with van der Waals surface area (Å²) in [6.07, 6.45) is 2.10. The minimum absolute atomic E-state index is 0.0268. The number of hydrogen-bond acceptors (Lipinski definition) is 4. The number of amides is 1. The van der Waals surface area contributed by atoms with Gasteiger partial charge in [-0.2, -0.15) is 0 Å². The number of rotatable bonds is 4. The lowest BCUT2D eigenvalue weighted by Crippen LogP contribution is -2.39. The van der Waals surface area contributed by atoms with Gasteiger partial charge in [-0.15, -0.1) is 0 Å². The van der Waals surface area contributed by atoms with Crippen LogP contribution in [0.5, 0.6) is 0 Å². The number of nitrogens with one attached hydrogen (secondary N) is 1. The molecule has 1 aliphatic heterocycles. The van der Waals surface area contributed by atoms with E-state index in [1.54, 1.807) is 13.0 Å². The van der Waals surface area contributed by atoms with Gasteiger partial charge in [-0.1, -0.05) is 6.07 Å². The van der Waals surface area contributed by atoms with Gasteiger partial charge in [0.1, 0.15) is 6.04 Å². The van der Waals surface area contributed by atoms with E-state index in [9.17, 15) is 14.9 Å². The molecule has 0 spiro atoms.